The maximum absolute atomic E-state index is 13.4. The average Bonchev–Trinajstić information content (AvgIpc) is 2.39. The molecule has 0 N–H and O–H groups in total. The van der Waals surface area contributed by atoms with Crippen LogP contribution in [0, 0.1) is 40.7 Å². The molecule has 0 aliphatic rings. The largest absolute Gasteiger partial charge is 0.267 e. The lowest BCUT2D eigenvalue weighted by Gasteiger charge is -2.12. The number of alkyl halides is 2. The first-order valence-electron chi connectivity index (χ1n) is 4.80. The minimum atomic E-state index is -3.91. The Balaban J connectivity index is 3.22. The van der Waals surface area contributed by atoms with Crippen LogP contribution in [0.5, 0.6) is 0 Å². The van der Waals surface area contributed by atoms with Crippen LogP contribution in [0.3, 0.4) is 0 Å². The molecule has 0 fully saturated rings. The van der Waals surface area contributed by atoms with Crippen molar-refractivity contribution in [3.05, 3.63) is 46.3 Å². The van der Waals surface area contributed by atoms with Gasteiger partial charge in [-0.25, -0.2) is 39.5 Å². The Morgan fingerprint density at radius 3 is 1.20 bits per heavy atom. The highest BCUT2D eigenvalue weighted by molar-refractivity contribution is 5.88. The number of benzene rings is 2. The fourth-order valence-corrected chi connectivity index (χ4v) is 1.73. The zero-order valence-corrected chi connectivity index (χ0v) is 8.98. The second-order valence-electron chi connectivity index (χ2n) is 3.66. The highest BCUT2D eigenvalue weighted by Crippen LogP contribution is 2.38. The molecule has 0 saturated carbocycles. The molecule has 2 rings (SSSR count). The SMILES string of the molecule is Fc1c(F)c(F)c2c(C(F)F)c(F)c(F)c(F)c2c1F. The topological polar surface area (TPSA) is 0 Å². The fourth-order valence-electron chi connectivity index (χ4n) is 1.73. The Labute approximate surface area is 104 Å². The van der Waals surface area contributed by atoms with Gasteiger partial charge < -0.3 is 0 Å². The lowest BCUT2D eigenvalue weighted by molar-refractivity contribution is 0.146. The molecule has 20 heavy (non-hydrogen) atoms. The van der Waals surface area contributed by atoms with Crippen LogP contribution in [0.1, 0.15) is 12.0 Å². The Morgan fingerprint density at radius 1 is 0.450 bits per heavy atom. The number of halogens is 9. The molecule has 0 amide bonds. The first-order valence-corrected chi connectivity index (χ1v) is 4.80. The van der Waals surface area contributed by atoms with Crippen molar-refractivity contribution in [1.29, 1.82) is 0 Å². The summed E-state index contributed by atoms with van der Waals surface area (Å²) < 4.78 is 117. The van der Waals surface area contributed by atoms with Gasteiger partial charge in [0.1, 0.15) is 0 Å². The van der Waals surface area contributed by atoms with Crippen LogP contribution in [-0.2, 0) is 0 Å². The molecule has 0 unspecified atom stereocenters. The van der Waals surface area contributed by atoms with Gasteiger partial charge in [0.25, 0.3) is 6.43 Å². The van der Waals surface area contributed by atoms with E-state index in [0.29, 0.717) is 0 Å². The van der Waals surface area contributed by atoms with Crippen LogP contribution in [0.25, 0.3) is 10.8 Å². The van der Waals surface area contributed by atoms with E-state index in [1.165, 1.54) is 0 Å². The molecule has 0 aliphatic carbocycles. The van der Waals surface area contributed by atoms with E-state index in [1.807, 2.05) is 0 Å². The summed E-state index contributed by atoms with van der Waals surface area (Å²) in [5.41, 5.74) is -2.09. The van der Waals surface area contributed by atoms with Crippen molar-refractivity contribution in [3.8, 4) is 0 Å². The van der Waals surface area contributed by atoms with Gasteiger partial charge in [0.2, 0.25) is 0 Å². The minimum Gasteiger partial charge on any atom is -0.205 e. The zero-order valence-electron chi connectivity index (χ0n) is 8.98. The first kappa shape index (κ1) is 14.5. The van der Waals surface area contributed by atoms with Gasteiger partial charge in [-0.3, -0.25) is 0 Å². The van der Waals surface area contributed by atoms with Gasteiger partial charge >= 0.3 is 0 Å². The molecule has 0 aliphatic heterocycles. The summed E-state index contributed by atoms with van der Waals surface area (Å²) in [6, 6.07) is 0. The lowest BCUT2D eigenvalue weighted by Crippen LogP contribution is -2.08. The van der Waals surface area contributed by atoms with E-state index >= 15 is 0 Å². The first-order chi connectivity index (χ1) is 9.20. The van der Waals surface area contributed by atoms with E-state index in [4.69, 9.17) is 0 Å². The fraction of sp³-hybridized carbons (Fsp3) is 0.0909. The van der Waals surface area contributed by atoms with Gasteiger partial charge in [0, 0.05) is 5.39 Å². The summed E-state index contributed by atoms with van der Waals surface area (Å²) in [6.45, 7) is 0. The van der Waals surface area contributed by atoms with Crippen molar-refractivity contribution in [2.45, 2.75) is 6.43 Å². The molecule has 0 spiro atoms. The molecule has 0 aromatic heterocycles. The summed E-state index contributed by atoms with van der Waals surface area (Å²) >= 11 is 0. The maximum Gasteiger partial charge on any atom is 0.267 e. The lowest BCUT2D eigenvalue weighted by atomic mass is 10.0. The molecule has 2 aromatic rings. The van der Waals surface area contributed by atoms with Gasteiger partial charge in [-0.05, 0) is 0 Å². The van der Waals surface area contributed by atoms with Crippen molar-refractivity contribution in [1.82, 2.24) is 0 Å². The molecule has 0 nitrogen and oxygen atoms in total. The van der Waals surface area contributed by atoms with Gasteiger partial charge in [0.05, 0.1) is 10.9 Å². The predicted molar refractivity (Wildman–Crippen MR) is 48.6 cm³/mol. The summed E-state index contributed by atoms with van der Waals surface area (Å²) in [6.07, 6.45) is -3.91. The van der Waals surface area contributed by atoms with Gasteiger partial charge in [0.15, 0.2) is 40.7 Å². The van der Waals surface area contributed by atoms with Crippen LogP contribution in [0.4, 0.5) is 39.5 Å². The summed E-state index contributed by atoms with van der Waals surface area (Å²) in [7, 11) is 0. The smallest absolute Gasteiger partial charge is 0.205 e. The normalized spacial score (nSPS) is 11.7. The highest BCUT2D eigenvalue weighted by atomic mass is 19.3. The molecular weight excluding hydrogens is 303 g/mol. The van der Waals surface area contributed by atoms with Crippen molar-refractivity contribution in [2.24, 2.45) is 0 Å². The molecular formula is C11HF9. The van der Waals surface area contributed by atoms with Gasteiger partial charge in [-0.1, -0.05) is 0 Å². The maximum atomic E-state index is 13.4. The summed E-state index contributed by atoms with van der Waals surface area (Å²) in [4.78, 5) is 0. The van der Waals surface area contributed by atoms with Crippen molar-refractivity contribution < 1.29 is 39.5 Å². The van der Waals surface area contributed by atoms with E-state index in [-0.39, 0.29) is 0 Å². The average molecular weight is 304 g/mol. The van der Waals surface area contributed by atoms with E-state index in [1.54, 1.807) is 0 Å². The zero-order chi connectivity index (χ0) is 15.4. The number of hydrogen-bond acceptors (Lipinski definition) is 0. The molecule has 108 valence electrons. The molecule has 9 heteroatoms. The Hall–Kier alpha value is -1.93. The van der Waals surface area contributed by atoms with Crippen molar-refractivity contribution >= 4 is 10.8 Å². The molecule has 0 atom stereocenters. The van der Waals surface area contributed by atoms with Crippen LogP contribution >= 0.6 is 0 Å². The van der Waals surface area contributed by atoms with E-state index in [2.05, 4.69) is 0 Å². The van der Waals surface area contributed by atoms with Gasteiger partial charge in [-0.2, -0.15) is 0 Å². The second-order valence-corrected chi connectivity index (χ2v) is 3.66. The minimum absolute atomic E-state index is 1.88. The predicted octanol–water partition coefficient (Wildman–Crippen LogP) is 4.75. The molecule has 0 bridgehead atoms. The Morgan fingerprint density at radius 2 is 0.800 bits per heavy atom. The van der Waals surface area contributed by atoms with Crippen LogP contribution in [-0.4, -0.2) is 0 Å². The summed E-state index contributed by atoms with van der Waals surface area (Å²) in [5.74, 6) is -17.4. The molecule has 0 radical (unpaired) electrons. The number of hydrogen-bond donors (Lipinski definition) is 0. The van der Waals surface area contributed by atoms with Gasteiger partial charge in [-0.15, -0.1) is 0 Å². The third kappa shape index (κ3) is 1.72. The standard InChI is InChI=1S/C11HF9/c12-4-1-2(6(14)10(18)9(4)17)5(13)8(16)7(15)3(1)11(19)20/h11H. The van der Waals surface area contributed by atoms with E-state index in [0.717, 1.165) is 0 Å². The molecule has 2 aromatic carbocycles. The third-order valence-electron chi connectivity index (χ3n) is 2.60. The molecule has 0 heterocycles. The summed E-state index contributed by atoms with van der Waals surface area (Å²) in [5, 5.41) is -3.80. The number of rotatable bonds is 1. The third-order valence-corrected chi connectivity index (χ3v) is 2.60. The molecule has 0 saturated heterocycles. The monoisotopic (exact) mass is 304 g/mol. The van der Waals surface area contributed by atoms with E-state index < -0.39 is 63.5 Å². The van der Waals surface area contributed by atoms with E-state index in [9.17, 15) is 39.5 Å². The van der Waals surface area contributed by atoms with Crippen molar-refractivity contribution in [3.63, 3.8) is 0 Å². The quantitative estimate of drug-likeness (QED) is 0.405. The highest BCUT2D eigenvalue weighted by Gasteiger charge is 2.33. The number of fused-ring (bicyclic) bond motifs is 1. The Bertz CT molecular complexity index is 712. The van der Waals surface area contributed by atoms with Crippen LogP contribution < -0.4 is 0 Å². The van der Waals surface area contributed by atoms with Crippen molar-refractivity contribution in [2.75, 3.05) is 0 Å². The second kappa shape index (κ2) is 4.57. The van der Waals surface area contributed by atoms with Crippen LogP contribution in [0.2, 0.25) is 0 Å². The van der Waals surface area contributed by atoms with Crippen LogP contribution in [0.15, 0.2) is 0 Å². The Kier molecular flexibility index (Phi) is 3.31.